The van der Waals surface area contributed by atoms with Gasteiger partial charge < -0.3 is 25.8 Å². The van der Waals surface area contributed by atoms with Gasteiger partial charge in [-0.25, -0.2) is 9.36 Å². The molecule has 0 bridgehead atoms. The van der Waals surface area contributed by atoms with E-state index in [0.717, 1.165) is 16.8 Å². The van der Waals surface area contributed by atoms with E-state index in [1.54, 1.807) is 0 Å². The zero-order valence-electron chi connectivity index (χ0n) is 12.0. The standard InChI is InChI=1S/C9H12N5O8P.H3N/c10-13-12-6-7(16)4(3-21-23(18,19)20)22-8(6)14-2-1-5(15)11-9(14)17;/h1-2,4,6-8,16H,3H2,(H,11,15,17)(H2,18,19,20);1H3/t4-,6-,7-,8-;/m1./s1. The lowest BCUT2D eigenvalue weighted by Gasteiger charge is -2.17. The minimum Gasteiger partial charge on any atom is -0.390 e. The molecular formula is C9H15N6O8P. The van der Waals surface area contributed by atoms with E-state index in [0.29, 0.717) is 0 Å². The summed E-state index contributed by atoms with van der Waals surface area (Å²) >= 11 is 0. The molecule has 2 rings (SSSR count). The molecule has 0 aromatic carbocycles. The smallest absolute Gasteiger partial charge is 0.390 e. The number of rotatable bonds is 5. The molecule has 1 fully saturated rings. The van der Waals surface area contributed by atoms with Crippen LogP contribution in [0.5, 0.6) is 0 Å². The number of aliphatic hydroxyl groups is 1. The van der Waals surface area contributed by atoms with E-state index in [2.05, 4.69) is 14.5 Å². The van der Waals surface area contributed by atoms with Crippen molar-refractivity contribution >= 4 is 7.82 Å². The summed E-state index contributed by atoms with van der Waals surface area (Å²) in [5, 5.41) is 13.4. The lowest BCUT2D eigenvalue weighted by atomic mass is 10.1. The highest BCUT2D eigenvalue weighted by atomic mass is 31.2. The van der Waals surface area contributed by atoms with E-state index >= 15 is 0 Å². The Morgan fingerprint density at radius 3 is 2.71 bits per heavy atom. The van der Waals surface area contributed by atoms with E-state index in [1.807, 2.05) is 4.98 Å². The van der Waals surface area contributed by atoms with Gasteiger partial charge in [0.1, 0.15) is 18.4 Å². The van der Waals surface area contributed by atoms with E-state index < -0.39 is 50.2 Å². The topological polar surface area (TPSA) is 235 Å². The first-order chi connectivity index (χ1) is 10.7. The fraction of sp³-hybridized carbons (Fsp3) is 0.556. The van der Waals surface area contributed by atoms with Gasteiger partial charge >= 0.3 is 13.5 Å². The largest absolute Gasteiger partial charge is 0.469 e. The van der Waals surface area contributed by atoms with Crippen molar-refractivity contribution in [1.29, 1.82) is 0 Å². The molecule has 0 saturated carbocycles. The summed E-state index contributed by atoms with van der Waals surface area (Å²) in [4.78, 5) is 44.7. The number of nitrogens with one attached hydrogen (secondary N) is 1. The maximum atomic E-state index is 11.8. The average Bonchev–Trinajstić information content (AvgIpc) is 2.74. The van der Waals surface area contributed by atoms with Crippen molar-refractivity contribution < 1.29 is 28.7 Å². The van der Waals surface area contributed by atoms with E-state index in [-0.39, 0.29) is 6.15 Å². The van der Waals surface area contributed by atoms with Crippen LogP contribution in [0.15, 0.2) is 27.0 Å². The number of aromatic amines is 1. The minimum absolute atomic E-state index is 0. The van der Waals surface area contributed by atoms with Crippen LogP contribution in [-0.2, 0) is 13.8 Å². The number of nitrogens with zero attached hydrogens (tertiary/aromatic N) is 4. The molecule has 1 saturated heterocycles. The number of aromatic nitrogens is 2. The monoisotopic (exact) mass is 366 g/mol. The van der Waals surface area contributed by atoms with E-state index in [4.69, 9.17) is 20.1 Å². The quantitative estimate of drug-likeness (QED) is 0.181. The van der Waals surface area contributed by atoms with Crippen LogP contribution in [0.25, 0.3) is 10.4 Å². The molecule has 0 unspecified atom stereocenters. The molecular weight excluding hydrogens is 351 g/mol. The summed E-state index contributed by atoms with van der Waals surface area (Å²) in [5.74, 6) is 0. The maximum Gasteiger partial charge on any atom is 0.469 e. The number of H-pyrrole nitrogens is 1. The van der Waals surface area contributed by atoms with Crippen molar-refractivity contribution in [1.82, 2.24) is 15.7 Å². The predicted molar refractivity (Wildman–Crippen MR) is 77.2 cm³/mol. The Morgan fingerprint density at radius 2 is 2.17 bits per heavy atom. The van der Waals surface area contributed by atoms with Crippen LogP contribution in [0.4, 0.5) is 0 Å². The summed E-state index contributed by atoms with van der Waals surface area (Å²) in [6.45, 7) is -0.697. The second-order valence-corrected chi connectivity index (χ2v) is 5.79. The molecule has 7 N–H and O–H groups in total. The van der Waals surface area contributed by atoms with Gasteiger partial charge in [-0.3, -0.25) is 18.9 Å². The normalized spacial score (nSPS) is 26.5. The second kappa shape index (κ2) is 7.70. The van der Waals surface area contributed by atoms with Crippen LogP contribution in [-0.4, -0.2) is 49.3 Å². The molecule has 2 heterocycles. The van der Waals surface area contributed by atoms with Gasteiger partial charge in [0.15, 0.2) is 0 Å². The molecule has 24 heavy (non-hydrogen) atoms. The molecule has 134 valence electrons. The van der Waals surface area contributed by atoms with Gasteiger partial charge in [-0.15, -0.1) is 0 Å². The number of hydrogen-bond donors (Lipinski definition) is 5. The fourth-order valence-electron chi connectivity index (χ4n) is 2.08. The number of phosphoric ester groups is 1. The van der Waals surface area contributed by atoms with Crippen LogP contribution < -0.4 is 17.4 Å². The summed E-state index contributed by atoms with van der Waals surface area (Å²) in [6, 6.07) is -0.252. The molecule has 0 aliphatic carbocycles. The van der Waals surface area contributed by atoms with Crippen LogP contribution in [0.1, 0.15) is 6.23 Å². The summed E-state index contributed by atoms with van der Waals surface area (Å²) in [6.07, 6.45) is -2.95. The summed E-state index contributed by atoms with van der Waals surface area (Å²) in [7, 11) is -4.80. The first kappa shape index (κ1) is 20.0. The average molecular weight is 366 g/mol. The second-order valence-electron chi connectivity index (χ2n) is 4.55. The van der Waals surface area contributed by atoms with Crippen LogP contribution in [0.2, 0.25) is 0 Å². The van der Waals surface area contributed by atoms with Crippen molar-refractivity contribution in [3.63, 3.8) is 0 Å². The Bertz CT molecular complexity index is 781. The van der Waals surface area contributed by atoms with Crippen molar-refractivity contribution in [2.24, 2.45) is 5.11 Å². The number of ether oxygens (including phenoxy) is 1. The van der Waals surface area contributed by atoms with Crippen LogP contribution in [0, 0.1) is 0 Å². The molecule has 14 nitrogen and oxygen atoms in total. The number of aliphatic hydroxyl groups excluding tert-OH is 1. The van der Waals surface area contributed by atoms with Crippen LogP contribution >= 0.6 is 7.82 Å². The highest BCUT2D eigenvalue weighted by Gasteiger charge is 2.45. The molecule has 0 radical (unpaired) electrons. The van der Waals surface area contributed by atoms with Gasteiger partial charge in [-0.1, -0.05) is 5.11 Å². The molecule has 4 atom stereocenters. The third-order valence-corrected chi connectivity index (χ3v) is 3.54. The third-order valence-electron chi connectivity index (χ3n) is 3.05. The molecule has 0 amide bonds. The summed E-state index contributed by atoms with van der Waals surface area (Å²) in [5.41, 5.74) is 7.03. The van der Waals surface area contributed by atoms with Crippen molar-refractivity contribution in [2.45, 2.75) is 24.5 Å². The SMILES string of the molecule is N.[N-]=[N+]=N[C@@H]1[C@H](O)[C@@H](COP(=O)(O)O)O[C@H]1n1ccc(=O)[nH]c1=O. The van der Waals surface area contributed by atoms with Gasteiger partial charge in [0.25, 0.3) is 5.56 Å². The molecule has 15 heteroatoms. The first-order valence-corrected chi connectivity index (χ1v) is 7.65. The zero-order chi connectivity index (χ0) is 17.2. The minimum atomic E-state index is -4.80. The van der Waals surface area contributed by atoms with E-state index in [9.17, 15) is 19.3 Å². The Hall–Kier alpha value is -2.02. The molecule has 1 aromatic heterocycles. The zero-order valence-corrected chi connectivity index (χ0v) is 12.9. The maximum absolute atomic E-state index is 11.8. The number of phosphoric acid groups is 1. The highest BCUT2D eigenvalue weighted by molar-refractivity contribution is 7.46. The predicted octanol–water partition coefficient (Wildman–Crippen LogP) is -1.25. The highest BCUT2D eigenvalue weighted by Crippen LogP contribution is 2.38. The van der Waals surface area contributed by atoms with Gasteiger partial charge in [0.2, 0.25) is 0 Å². The molecule has 1 aliphatic heterocycles. The molecule has 1 aromatic rings. The Labute approximate surface area is 133 Å². The Kier molecular flexibility index (Phi) is 6.42. The van der Waals surface area contributed by atoms with Crippen molar-refractivity contribution in [3.8, 4) is 0 Å². The molecule has 1 aliphatic rings. The van der Waals surface area contributed by atoms with E-state index in [1.165, 1.54) is 0 Å². The van der Waals surface area contributed by atoms with Crippen molar-refractivity contribution in [2.75, 3.05) is 6.61 Å². The fourth-order valence-corrected chi connectivity index (χ4v) is 2.42. The van der Waals surface area contributed by atoms with Crippen LogP contribution in [0.3, 0.4) is 0 Å². The van der Waals surface area contributed by atoms with Gasteiger partial charge in [-0.05, 0) is 5.53 Å². The Morgan fingerprint density at radius 1 is 1.50 bits per heavy atom. The third kappa shape index (κ3) is 4.50. The lowest BCUT2D eigenvalue weighted by Crippen LogP contribution is -2.36. The van der Waals surface area contributed by atoms with Gasteiger partial charge in [-0.2, -0.15) is 0 Å². The number of hydrogen-bond acceptors (Lipinski definition) is 8. The first-order valence-electron chi connectivity index (χ1n) is 6.12. The number of azide groups is 1. The van der Waals surface area contributed by atoms with Gasteiger partial charge in [0, 0.05) is 17.2 Å². The molecule has 0 spiro atoms. The lowest BCUT2D eigenvalue weighted by molar-refractivity contribution is -0.0456. The van der Waals surface area contributed by atoms with Crippen molar-refractivity contribution in [3.05, 3.63) is 43.5 Å². The van der Waals surface area contributed by atoms with Gasteiger partial charge in [0.05, 0.1) is 12.7 Å². The Balaban J connectivity index is 0.00000288. The summed E-state index contributed by atoms with van der Waals surface area (Å²) < 4.78 is 21.1.